The maximum atomic E-state index is 13.3. The second kappa shape index (κ2) is 5.59. The van der Waals surface area contributed by atoms with E-state index in [2.05, 4.69) is 20.3 Å². The third kappa shape index (κ3) is 2.83. The van der Waals surface area contributed by atoms with Crippen LogP contribution in [0.5, 0.6) is 0 Å². The van der Waals surface area contributed by atoms with Gasteiger partial charge < -0.3 is 15.5 Å². The van der Waals surface area contributed by atoms with E-state index in [0.29, 0.717) is 0 Å². The number of fused-ring (bicyclic) bond motifs is 1. The molecule has 2 unspecified atom stereocenters. The van der Waals surface area contributed by atoms with Gasteiger partial charge in [0.25, 0.3) is 0 Å². The highest BCUT2D eigenvalue weighted by atomic mass is 19.1. The van der Waals surface area contributed by atoms with Gasteiger partial charge in [0.05, 0.1) is 6.04 Å². The highest BCUT2D eigenvalue weighted by Crippen LogP contribution is 2.25. The van der Waals surface area contributed by atoms with Crippen molar-refractivity contribution in [2.24, 2.45) is 0 Å². The van der Waals surface area contributed by atoms with Crippen LogP contribution in [0.2, 0.25) is 0 Å². The number of anilines is 2. The Labute approximate surface area is 126 Å². The van der Waals surface area contributed by atoms with Gasteiger partial charge in [0.2, 0.25) is 11.9 Å². The van der Waals surface area contributed by atoms with Gasteiger partial charge in [0.1, 0.15) is 11.3 Å². The molecule has 0 radical (unpaired) electrons. The summed E-state index contributed by atoms with van der Waals surface area (Å²) in [4.78, 5) is 11.8. The molecule has 2 heterocycles. The van der Waals surface area contributed by atoms with Crippen LogP contribution in [0.4, 0.5) is 16.3 Å². The summed E-state index contributed by atoms with van der Waals surface area (Å²) < 4.78 is 19.1. The van der Waals surface area contributed by atoms with E-state index in [-0.39, 0.29) is 23.8 Å². The fraction of sp³-hybridized carbons (Fsp3) is 0.267. The molecule has 6 nitrogen and oxygen atoms in total. The highest BCUT2D eigenvalue weighted by Gasteiger charge is 2.15. The van der Waals surface area contributed by atoms with E-state index in [1.54, 1.807) is 0 Å². The van der Waals surface area contributed by atoms with E-state index in [1.165, 1.54) is 6.92 Å². The van der Waals surface area contributed by atoms with Crippen molar-refractivity contribution in [2.75, 3.05) is 11.1 Å². The summed E-state index contributed by atoms with van der Waals surface area (Å²) in [6, 6.07) is 9.47. The zero-order valence-corrected chi connectivity index (χ0v) is 12.2. The molecular formula is C15H16FN5O. The van der Waals surface area contributed by atoms with Crippen LogP contribution in [0, 0.1) is 0 Å². The molecule has 7 heteroatoms. The van der Waals surface area contributed by atoms with Crippen molar-refractivity contribution in [1.82, 2.24) is 15.0 Å². The molecule has 0 fully saturated rings. The first-order valence-electron chi connectivity index (χ1n) is 6.93. The Bertz CT molecular complexity index is 768. The van der Waals surface area contributed by atoms with Crippen LogP contribution in [0.15, 0.2) is 34.7 Å². The normalized spacial score (nSPS) is 14.0. The highest BCUT2D eigenvalue weighted by molar-refractivity contribution is 5.77. The SMILES string of the molecule is CC(F)c1nc(N)nc(NC(C)c2cc3ccccc3o2)n1. The number of halogens is 1. The van der Waals surface area contributed by atoms with E-state index in [4.69, 9.17) is 10.2 Å². The number of nitrogen functional groups attached to an aromatic ring is 1. The number of para-hydroxylation sites is 1. The summed E-state index contributed by atoms with van der Waals surface area (Å²) in [7, 11) is 0. The number of nitrogens with one attached hydrogen (secondary N) is 1. The lowest BCUT2D eigenvalue weighted by Gasteiger charge is -2.12. The van der Waals surface area contributed by atoms with E-state index in [1.807, 2.05) is 37.3 Å². The van der Waals surface area contributed by atoms with Gasteiger partial charge >= 0.3 is 0 Å². The van der Waals surface area contributed by atoms with Gasteiger partial charge in [-0.25, -0.2) is 4.39 Å². The predicted octanol–water partition coefficient (Wildman–Crippen LogP) is 3.40. The molecule has 0 spiro atoms. The lowest BCUT2D eigenvalue weighted by atomic mass is 10.2. The molecular weight excluding hydrogens is 285 g/mol. The summed E-state index contributed by atoms with van der Waals surface area (Å²) in [5, 5.41) is 4.07. The van der Waals surface area contributed by atoms with Gasteiger partial charge in [-0.05, 0) is 26.0 Å². The molecule has 114 valence electrons. The molecule has 3 aromatic rings. The zero-order chi connectivity index (χ0) is 15.7. The minimum Gasteiger partial charge on any atom is -0.459 e. The van der Waals surface area contributed by atoms with E-state index < -0.39 is 6.17 Å². The molecule has 0 aliphatic heterocycles. The third-order valence-corrected chi connectivity index (χ3v) is 3.24. The maximum absolute atomic E-state index is 13.3. The standard InChI is InChI=1S/C15H16FN5O/c1-8(16)13-19-14(17)21-15(20-13)18-9(2)12-7-10-5-3-4-6-11(10)22-12/h3-9H,1-2H3,(H3,17,18,19,20,21). The molecule has 3 N–H and O–H groups in total. The number of furan rings is 1. The number of alkyl halides is 1. The van der Waals surface area contributed by atoms with Crippen LogP contribution in [0.1, 0.15) is 37.6 Å². The predicted molar refractivity (Wildman–Crippen MR) is 82.0 cm³/mol. The molecule has 0 amide bonds. The molecule has 0 saturated heterocycles. The largest absolute Gasteiger partial charge is 0.459 e. The molecule has 0 aliphatic carbocycles. The molecule has 3 rings (SSSR count). The lowest BCUT2D eigenvalue weighted by molar-refractivity contribution is 0.356. The minimum absolute atomic E-state index is 0.00630. The van der Waals surface area contributed by atoms with Crippen LogP contribution in [0.3, 0.4) is 0 Å². The number of aromatic nitrogens is 3. The van der Waals surface area contributed by atoms with Crippen LogP contribution < -0.4 is 11.1 Å². The Morgan fingerprint density at radius 3 is 2.68 bits per heavy atom. The van der Waals surface area contributed by atoms with Crippen LogP contribution in [-0.2, 0) is 0 Å². The van der Waals surface area contributed by atoms with E-state index in [9.17, 15) is 4.39 Å². The zero-order valence-electron chi connectivity index (χ0n) is 12.2. The Balaban J connectivity index is 1.85. The monoisotopic (exact) mass is 301 g/mol. The van der Waals surface area contributed by atoms with Crippen molar-refractivity contribution in [2.45, 2.75) is 26.1 Å². The quantitative estimate of drug-likeness (QED) is 0.767. The Hall–Kier alpha value is -2.70. The summed E-state index contributed by atoms with van der Waals surface area (Å²) >= 11 is 0. The molecule has 0 bridgehead atoms. The smallest absolute Gasteiger partial charge is 0.228 e. The van der Waals surface area contributed by atoms with Crippen molar-refractivity contribution in [1.29, 1.82) is 0 Å². The summed E-state index contributed by atoms with van der Waals surface area (Å²) in [5.41, 5.74) is 6.39. The Morgan fingerprint density at radius 1 is 1.18 bits per heavy atom. The second-order valence-corrected chi connectivity index (χ2v) is 5.04. The van der Waals surface area contributed by atoms with Crippen molar-refractivity contribution >= 4 is 22.9 Å². The first-order chi connectivity index (χ1) is 10.5. The number of rotatable bonds is 4. The minimum atomic E-state index is -1.31. The first kappa shape index (κ1) is 14.2. The summed E-state index contributed by atoms with van der Waals surface area (Å²) in [6.45, 7) is 3.25. The fourth-order valence-corrected chi connectivity index (χ4v) is 2.13. The molecule has 0 saturated carbocycles. The molecule has 22 heavy (non-hydrogen) atoms. The molecule has 2 atom stereocenters. The van der Waals surface area contributed by atoms with Gasteiger partial charge in [-0.15, -0.1) is 0 Å². The van der Waals surface area contributed by atoms with Gasteiger partial charge in [0.15, 0.2) is 12.0 Å². The first-order valence-corrected chi connectivity index (χ1v) is 6.93. The van der Waals surface area contributed by atoms with Crippen LogP contribution in [-0.4, -0.2) is 15.0 Å². The average Bonchev–Trinajstić information content (AvgIpc) is 2.90. The van der Waals surface area contributed by atoms with Gasteiger partial charge in [0, 0.05) is 5.39 Å². The second-order valence-electron chi connectivity index (χ2n) is 5.04. The maximum Gasteiger partial charge on any atom is 0.228 e. The number of hydrogen-bond acceptors (Lipinski definition) is 6. The Kier molecular flexibility index (Phi) is 3.62. The molecule has 2 aromatic heterocycles. The van der Waals surface area contributed by atoms with E-state index >= 15 is 0 Å². The number of nitrogens with zero attached hydrogens (tertiary/aromatic N) is 3. The van der Waals surface area contributed by atoms with Gasteiger partial charge in [-0.3, -0.25) is 0 Å². The summed E-state index contributed by atoms with van der Waals surface area (Å²) in [6.07, 6.45) is -1.31. The van der Waals surface area contributed by atoms with Crippen molar-refractivity contribution in [3.63, 3.8) is 0 Å². The third-order valence-electron chi connectivity index (χ3n) is 3.24. The van der Waals surface area contributed by atoms with Crippen molar-refractivity contribution in [3.05, 3.63) is 41.9 Å². The molecule has 0 aliphatic rings. The number of nitrogens with two attached hydrogens (primary N) is 1. The van der Waals surface area contributed by atoms with Crippen molar-refractivity contribution in [3.8, 4) is 0 Å². The Morgan fingerprint density at radius 2 is 1.95 bits per heavy atom. The van der Waals surface area contributed by atoms with Crippen molar-refractivity contribution < 1.29 is 8.81 Å². The average molecular weight is 301 g/mol. The van der Waals surface area contributed by atoms with Gasteiger partial charge in [-0.2, -0.15) is 15.0 Å². The van der Waals surface area contributed by atoms with Crippen LogP contribution >= 0.6 is 0 Å². The summed E-state index contributed by atoms with van der Waals surface area (Å²) in [5.74, 6) is 0.940. The lowest BCUT2D eigenvalue weighted by Crippen LogP contribution is -2.13. The topological polar surface area (TPSA) is 89.9 Å². The van der Waals surface area contributed by atoms with E-state index in [0.717, 1.165) is 16.7 Å². The molecule has 1 aromatic carbocycles. The fourth-order valence-electron chi connectivity index (χ4n) is 2.13. The van der Waals surface area contributed by atoms with Gasteiger partial charge in [-0.1, -0.05) is 18.2 Å². The number of benzene rings is 1. The number of hydrogen-bond donors (Lipinski definition) is 2. The van der Waals surface area contributed by atoms with Crippen LogP contribution in [0.25, 0.3) is 11.0 Å².